The van der Waals surface area contributed by atoms with Crippen LogP contribution in [0.25, 0.3) is 10.9 Å². The van der Waals surface area contributed by atoms with E-state index >= 15 is 0 Å². The normalized spacial score (nSPS) is 13.2. The van der Waals surface area contributed by atoms with Crippen LogP contribution in [0.15, 0.2) is 41.7 Å². The predicted molar refractivity (Wildman–Crippen MR) is 76.2 cm³/mol. The van der Waals surface area contributed by atoms with Crippen molar-refractivity contribution >= 4 is 22.6 Å². The first-order valence-electron chi connectivity index (χ1n) is 6.21. The summed E-state index contributed by atoms with van der Waals surface area (Å²) in [6, 6.07) is 9.62. The molecule has 1 atom stereocenters. The molecule has 1 unspecified atom stereocenters. The van der Waals surface area contributed by atoms with E-state index in [4.69, 9.17) is 10.9 Å². The standard InChI is InChI=1S/C14H16N4O2/c1-9(13(15)18-20)14(19)17-8-11-5-2-4-10-6-3-7-16-12(10)11/h2-7,9,20H,8H2,1H3,(H2,15,18)(H,17,19). The Morgan fingerprint density at radius 3 is 2.95 bits per heavy atom. The zero-order chi connectivity index (χ0) is 14.5. The first-order chi connectivity index (χ1) is 9.63. The van der Waals surface area contributed by atoms with Gasteiger partial charge in [-0.15, -0.1) is 0 Å². The Morgan fingerprint density at radius 2 is 2.20 bits per heavy atom. The maximum Gasteiger partial charge on any atom is 0.230 e. The topological polar surface area (TPSA) is 101 Å². The van der Waals surface area contributed by atoms with Gasteiger partial charge in [0.25, 0.3) is 0 Å². The number of nitrogens with zero attached hydrogens (tertiary/aromatic N) is 2. The van der Waals surface area contributed by atoms with Crippen LogP contribution in [0.4, 0.5) is 0 Å². The Kier molecular flexibility index (Phi) is 4.14. The van der Waals surface area contributed by atoms with Crippen LogP contribution in [0.5, 0.6) is 0 Å². The third-order valence-electron chi connectivity index (χ3n) is 3.12. The van der Waals surface area contributed by atoms with Crippen molar-refractivity contribution in [3.8, 4) is 0 Å². The lowest BCUT2D eigenvalue weighted by molar-refractivity contribution is -0.122. The lowest BCUT2D eigenvalue weighted by Gasteiger charge is -2.11. The summed E-state index contributed by atoms with van der Waals surface area (Å²) in [5.41, 5.74) is 7.18. The van der Waals surface area contributed by atoms with Gasteiger partial charge < -0.3 is 16.3 Å². The molecule has 4 N–H and O–H groups in total. The summed E-state index contributed by atoms with van der Waals surface area (Å²) in [5, 5.41) is 15.2. The quantitative estimate of drug-likeness (QED) is 0.337. The second-order valence-electron chi connectivity index (χ2n) is 4.46. The van der Waals surface area contributed by atoms with E-state index in [-0.39, 0.29) is 11.7 Å². The zero-order valence-corrected chi connectivity index (χ0v) is 11.1. The van der Waals surface area contributed by atoms with Crippen molar-refractivity contribution in [1.82, 2.24) is 10.3 Å². The lowest BCUT2D eigenvalue weighted by Crippen LogP contribution is -2.36. The van der Waals surface area contributed by atoms with Crippen LogP contribution in [-0.4, -0.2) is 21.9 Å². The average molecular weight is 272 g/mol. The van der Waals surface area contributed by atoms with Gasteiger partial charge in [0.15, 0.2) is 5.84 Å². The van der Waals surface area contributed by atoms with Gasteiger partial charge >= 0.3 is 0 Å². The lowest BCUT2D eigenvalue weighted by atomic mass is 10.1. The molecule has 2 rings (SSSR count). The molecular formula is C14H16N4O2. The molecule has 6 heteroatoms. The highest BCUT2D eigenvalue weighted by molar-refractivity contribution is 6.01. The Bertz CT molecular complexity index is 649. The van der Waals surface area contributed by atoms with E-state index in [1.54, 1.807) is 13.1 Å². The fourth-order valence-electron chi connectivity index (χ4n) is 1.87. The molecule has 0 radical (unpaired) electrons. The third-order valence-corrected chi connectivity index (χ3v) is 3.12. The second kappa shape index (κ2) is 6.01. The van der Waals surface area contributed by atoms with Gasteiger partial charge in [-0.1, -0.05) is 29.4 Å². The van der Waals surface area contributed by atoms with Crippen molar-refractivity contribution in [1.29, 1.82) is 0 Å². The predicted octanol–water partition coefficient (Wildman–Crippen LogP) is 1.23. The molecule has 6 nitrogen and oxygen atoms in total. The minimum Gasteiger partial charge on any atom is -0.409 e. The van der Waals surface area contributed by atoms with E-state index < -0.39 is 5.92 Å². The average Bonchev–Trinajstić information content (AvgIpc) is 2.50. The molecule has 1 amide bonds. The fourth-order valence-corrected chi connectivity index (χ4v) is 1.87. The van der Waals surface area contributed by atoms with Crippen molar-refractivity contribution in [2.75, 3.05) is 0 Å². The number of amidine groups is 1. The van der Waals surface area contributed by atoms with Gasteiger partial charge in [-0.25, -0.2) is 0 Å². The molecule has 0 aliphatic rings. The summed E-state index contributed by atoms with van der Waals surface area (Å²) in [4.78, 5) is 16.2. The van der Waals surface area contributed by atoms with Crippen molar-refractivity contribution in [2.45, 2.75) is 13.5 Å². The molecule has 1 heterocycles. The third kappa shape index (κ3) is 2.85. The summed E-state index contributed by atoms with van der Waals surface area (Å²) in [6.45, 7) is 1.92. The van der Waals surface area contributed by atoms with Crippen LogP contribution in [0.1, 0.15) is 12.5 Å². The number of hydrogen-bond acceptors (Lipinski definition) is 4. The van der Waals surface area contributed by atoms with Crippen LogP contribution in [0.3, 0.4) is 0 Å². The van der Waals surface area contributed by atoms with Crippen LogP contribution in [-0.2, 0) is 11.3 Å². The number of carbonyl (C=O) groups is 1. The number of aromatic nitrogens is 1. The molecule has 0 bridgehead atoms. The Hall–Kier alpha value is -2.63. The molecule has 0 saturated carbocycles. The molecule has 0 saturated heterocycles. The zero-order valence-electron chi connectivity index (χ0n) is 11.1. The second-order valence-corrected chi connectivity index (χ2v) is 4.46. The number of fused-ring (bicyclic) bond motifs is 1. The van der Waals surface area contributed by atoms with E-state index in [1.165, 1.54) is 0 Å². The van der Waals surface area contributed by atoms with Crippen LogP contribution >= 0.6 is 0 Å². The van der Waals surface area contributed by atoms with Crippen LogP contribution in [0, 0.1) is 5.92 Å². The van der Waals surface area contributed by atoms with Gasteiger partial charge in [-0.05, 0) is 18.6 Å². The number of nitrogens with one attached hydrogen (secondary N) is 1. The first kappa shape index (κ1) is 13.8. The van der Waals surface area contributed by atoms with Gasteiger partial charge in [0.05, 0.1) is 11.4 Å². The number of carbonyl (C=O) groups excluding carboxylic acids is 1. The number of nitrogens with two attached hydrogens (primary N) is 1. The summed E-state index contributed by atoms with van der Waals surface area (Å²) >= 11 is 0. The monoisotopic (exact) mass is 272 g/mol. The van der Waals surface area contributed by atoms with Gasteiger partial charge in [0.1, 0.15) is 0 Å². The number of oxime groups is 1. The van der Waals surface area contributed by atoms with Crippen molar-refractivity contribution in [2.24, 2.45) is 16.8 Å². The Balaban J connectivity index is 2.12. The molecule has 1 aromatic heterocycles. The molecule has 0 aliphatic heterocycles. The molecule has 0 spiro atoms. The Morgan fingerprint density at radius 1 is 1.45 bits per heavy atom. The van der Waals surface area contributed by atoms with E-state index in [1.807, 2.05) is 30.3 Å². The van der Waals surface area contributed by atoms with Gasteiger partial charge in [-0.3, -0.25) is 9.78 Å². The number of benzene rings is 1. The van der Waals surface area contributed by atoms with E-state index in [9.17, 15) is 4.79 Å². The molecule has 20 heavy (non-hydrogen) atoms. The number of amides is 1. The highest BCUT2D eigenvalue weighted by Gasteiger charge is 2.17. The van der Waals surface area contributed by atoms with Gasteiger partial charge in [-0.2, -0.15) is 0 Å². The van der Waals surface area contributed by atoms with Crippen LogP contribution in [0.2, 0.25) is 0 Å². The summed E-state index contributed by atoms with van der Waals surface area (Å²) < 4.78 is 0. The smallest absolute Gasteiger partial charge is 0.230 e. The minimum atomic E-state index is -0.678. The minimum absolute atomic E-state index is 0.112. The summed E-state index contributed by atoms with van der Waals surface area (Å²) in [5.74, 6) is -1.09. The van der Waals surface area contributed by atoms with Crippen LogP contribution < -0.4 is 11.1 Å². The largest absolute Gasteiger partial charge is 0.409 e. The molecule has 1 aromatic carbocycles. The fraction of sp³-hybridized carbons (Fsp3) is 0.214. The summed E-state index contributed by atoms with van der Waals surface area (Å²) in [7, 11) is 0. The molecule has 2 aromatic rings. The molecular weight excluding hydrogens is 256 g/mol. The van der Waals surface area contributed by atoms with Gasteiger partial charge in [0.2, 0.25) is 5.91 Å². The maximum atomic E-state index is 11.8. The van der Waals surface area contributed by atoms with Crippen molar-refractivity contribution < 1.29 is 10.0 Å². The highest BCUT2D eigenvalue weighted by atomic mass is 16.4. The van der Waals surface area contributed by atoms with Crippen molar-refractivity contribution in [3.05, 3.63) is 42.1 Å². The number of pyridine rings is 1. The highest BCUT2D eigenvalue weighted by Crippen LogP contribution is 2.15. The molecule has 0 aliphatic carbocycles. The van der Waals surface area contributed by atoms with Gasteiger partial charge in [0, 0.05) is 18.1 Å². The van der Waals surface area contributed by atoms with E-state index in [0.717, 1.165) is 16.5 Å². The first-order valence-corrected chi connectivity index (χ1v) is 6.21. The molecule has 104 valence electrons. The number of rotatable bonds is 4. The SMILES string of the molecule is CC(C(=O)NCc1cccc2cccnc12)/C(N)=N/O. The maximum absolute atomic E-state index is 11.8. The summed E-state index contributed by atoms with van der Waals surface area (Å²) in [6.07, 6.45) is 1.71. The van der Waals surface area contributed by atoms with E-state index in [2.05, 4.69) is 15.5 Å². The molecule has 0 fully saturated rings. The Labute approximate surface area is 116 Å². The van der Waals surface area contributed by atoms with Crippen molar-refractivity contribution in [3.63, 3.8) is 0 Å². The van der Waals surface area contributed by atoms with E-state index in [0.29, 0.717) is 6.54 Å². The number of para-hydroxylation sites is 1. The number of hydrogen-bond donors (Lipinski definition) is 3.